The molecular weight excluding hydrogens is 204 g/mol. The number of carbonyl (C=O) groups is 1. The molecule has 1 heterocycles. The lowest BCUT2D eigenvalue weighted by Crippen LogP contribution is -2.50. The van der Waals surface area contributed by atoms with Crippen molar-refractivity contribution in [3.05, 3.63) is 24.2 Å². The van der Waals surface area contributed by atoms with Crippen LogP contribution in [-0.2, 0) is 4.79 Å². The summed E-state index contributed by atoms with van der Waals surface area (Å²) in [7, 11) is 0. The zero-order valence-electron chi connectivity index (χ0n) is 9.53. The Morgan fingerprint density at radius 2 is 2.44 bits per heavy atom. The third kappa shape index (κ3) is 2.44. The number of furan rings is 1. The Labute approximate surface area is 95.2 Å². The summed E-state index contributed by atoms with van der Waals surface area (Å²) < 4.78 is 5.22. The number of amides is 1. The van der Waals surface area contributed by atoms with Crippen molar-refractivity contribution in [3.63, 3.8) is 0 Å². The molecule has 0 spiro atoms. The van der Waals surface area contributed by atoms with Gasteiger partial charge >= 0.3 is 0 Å². The minimum Gasteiger partial charge on any atom is -0.467 e. The summed E-state index contributed by atoms with van der Waals surface area (Å²) in [6.45, 7) is 1.90. The molecule has 2 rings (SSSR count). The Kier molecular flexibility index (Phi) is 3.01. The summed E-state index contributed by atoms with van der Waals surface area (Å²) in [6, 6.07) is 3.58. The summed E-state index contributed by atoms with van der Waals surface area (Å²) in [6.07, 6.45) is 5.06. The first-order valence-corrected chi connectivity index (χ1v) is 5.71. The minimum absolute atomic E-state index is 0.00565. The molecule has 1 aromatic heterocycles. The van der Waals surface area contributed by atoms with Gasteiger partial charge in [0.05, 0.1) is 12.3 Å². The highest BCUT2D eigenvalue weighted by molar-refractivity contribution is 5.77. The van der Waals surface area contributed by atoms with Crippen molar-refractivity contribution >= 4 is 5.91 Å². The number of carbonyl (C=O) groups excluding carboxylic acids is 1. The summed E-state index contributed by atoms with van der Waals surface area (Å²) in [4.78, 5) is 11.7. The summed E-state index contributed by atoms with van der Waals surface area (Å²) >= 11 is 0. The van der Waals surface area contributed by atoms with E-state index in [1.165, 1.54) is 0 Å². The number of hydrogen-bond acceptors (Lipinski definition) is 3. The molecule has 1 aliphatic rings. The quantitative estimate of drug-likeness (QED) is 0.815. The van der Waals surface area contributed by atoms with Crippen molar-refractivity contribution < 1.29 is 9.21 Å². The molecule has 4 heteroatoms. The maximum Gasteiger partial charge on any atom is 0.222 e. The molecule has 4 nitrogen and oxygen atoms in total. The van der Waals surface area contributed by atoms with Gasteiger partial charge in [-0.05, 0) is 38.3 Å². The third-order valence-corrected chi connectivity index (χ3v) is 3.21. The molecule has 0 aromatic carbocycles. The molecule has 88 valence electrons. The average molecular weight is 222 g/mol. The summed E-state index contributed by atoms with van der Waals surface area (Å²) in [5, 5.41) is 2.89. The van der Waals surface area contributed by atoms with Crippen molar-refractivity contribution in [1.29, 1.82) is 0 Å². The van der Waals surface area contributed by atoms with E-state index in [1.807, 2.05) is 19.1 Å². The zero-order chi connectivity index (χ0) is 11.6. The molecule has 0 radical (unpaired) electrons. The van der Waals surface area contributed by atoms with E-state index >= 15 is 0 Å². The monoisotopic (exact) mass is 222 g/mol. The second-order valence-corrected chi connectivity index (χ2v) is 4.70. The fourth-order valence-electron chi connectivity index (χ4n) is 2.03. The van der Waals surface area contributed by atoms with E-state index in [0.29, 0.717) is 6.42 Å². The highest BCUT2D eigenvalue weighted by Crippen LogP contribution is 2.32. The van der Waals surface area contributed by atoms with E-state index in [-0.39, 0.29) is 17.5 Å². The van der Waals surface area contributed by atoms with Crippen LogP contribution in [0.1, 0.15) is 44.4 Å². The molecule has 1 aliphatic carbocycles. The molecule has 1 fully saturated rings. The number of hydrogen-bond donors (Lipinski definition) is 2. The van der Waals surface area contributed by atoms with E-state index in [1.54, 1.807) is 6.26 Å². The predicted octanol–water partition coefficient (Wildman–Crippen LogP) is 1.73. The molecule has 1 aromatic rings. The molecular formula is C12H18N2O2. The first kappa shape index (κ1) is 11.2. The Bertz CT molecular complexity index is 355. The van der Waals surface area contributed by atoms with Gasteiger partial charge in [-0.15, -0.1) is 0 Å². The van der Waals surface area contributed by atoms with Gasteiger partial charge in [0.2, 0.25) is 5.91 Å². The van der Waals surface area contributed by atoms with Crippen LogP contribution in [0.5, 0.6) is 0 Å². The van der Waals surface area contributed by atoms with Crippen LogP contribution in [0.4, 0.5) is 0 Å². The van der Waals surface area contributed by atoms with Gasteiger partial charge in [0, 0.05) is 12.0 Å². The Balaban J connectivity index is 1.83. The predicted molar refractivity (Wildman–Crippen MR) is 60.7 cm³/mol. The van der Waals surface area contributed by atoms with Crippen LogP contribution >= 0.6 is 0 Å². The van der Waals surface area contributed by atoms with Crippen molar-refractivity contribution in [1.82, 2.24) is 5.32 Å². The largest absolute Gasteiger partial charge is 0.467 e. The normalized spacial score (nSPS) is 19.9. The van der Waals surface area contributed by atoms with Gasteiger partial charge in [-0.3, -0.25) is 4.79 Å². The molecule has 1 amide bonds. The average Bonchev–Trinajstić information content (AvgIpc) is 2.67. The molecule has 16 heavy (non-hydrogen) atoms. The van der Waals surface area contributed by atoms with Gasteiger partial charge in [-0.2, -0.15) is 0 Å². The van der Waals surface area contributed by atoms with Crippen LogP contribution in [0.3, 0.4) is 0 Å². The first-order chi connectivity index (χ1) is 7.59. The molecule has 0 unspecified atom stereocenters. The van der Waals surface area contributed by atoms with Crippen molar-refractivity contribution in [2.75, 3.05) is 0 Å². The topological polar surface area (TPSA) is 68.3 Å². The molecule has 0 saturated heterocycles. The third-order valence-electron chi connectivity index (χ3n) is 3.21. The van der Waals surface area contributed by atoms with Crippen molar-refractivity contribution in [2.24, 2.45) is 5.73 Å². The van der Waals surface area contributed by atoms with E-state index in [2.05, 4.69) is 5.32 Å². The maximum absolute atomic E-state index is 11.7. The van der Waals surface area contributed by atoms with E-state index in [0.717, 1.165) is 25.0 Å². The summed E-state index contributed by atoms with van der Waals surface area (Å²) in [5.41, 5.74) is 5.76. The number of nitrogens with two attached hydrogens (primary N) is 1. The van der Waals surface area contributed by atoms with Gasteiger partial charge in [-0.1, -0.05) is 0 Å². The maximum atomic E-state index is 11.7. The van der Waals surface area contributed by atoms with Crippen LogP contribution in [0, 0.1) is 0 Å². The van der Waals surface area contributed by atoms with Gasteiger partial charge < -0.3 is 15.5 Å². The van der Waals surface area contributed by atoms with Crippen LogP contribution in [0.25, 0.3) is 0 Å². The lowest BCUT2D eigenvalue weighted by molar-refractivity contribution is -0.123. The van der Waals surface area contributed by atoms with Gasteiger partial charge in [0.1, 0.15) is 5.76 Å². The van der Waals surface area contributed by atoms with Gasteiger partial charge in [0.25, 0.3) is 0 Å². The Morgan fingerprint density at radius 1 is 1.69 bits per heavy atom. The fourth-order valence-corrected chi connectivity index (χ4v) is 2.03. The van der Waals surface area contributed by atoms with Gasteiger partial charge in [0.15, 0.2) is 0 Å². The van der Waals surface area contributed by atoms with Crippen LogP contribution in [-0.4, -0.2) is 11.4 Å². The standard InChI is InChI=1S/C12H18N2O2/c1-9(10-4-2-7-16-10)14-11(15)8-12(13)5-3-6-12/h2,4,7,9H,3,5-6,8,13H2,1H3,(H,14,15)/t9-/m0/s1. The van der Waals surface area contributed by atoms with Crippen LogP contribution < -0.4 is 11.1 Å². The van der Waals surface area contributed by atoms with E-state index < -0.39 is 0 Å². The lowest BCUT2D eigenvalue weighted by atomic mass is 9.75. The highest BCUT2D eigenvalue weighted by Gasteiger charge is 2.34. The van der Waals surface area contributed by atoms with Crippen molar-refractivity contribution in [3.8, 4) is 0 Å². The first-order valence-electron chi connectivity index (χ1n) is 5.71. The smallest absolute Gasteiger partial charge is 0.222 e. The lowest BCUT2D eigenvalue weighted by Gasteiger charge is -2.37. The van der Waals surface area contributed by atoms with Gasteiger partial charge in [-0.25, -0.2) is 0 Å². The van der Waals surface area contributed by atoms with E-state index in [4.69, 9.17) is 10.2 Å². The van der Waals surface area contributed by atoms with E-state index in [9.17, 15) is 4.79 Å². The second-order valence-electron chi connectivity index (χ2n) is 4.70. The second kappa shape index (κ2) is 4.29. The highest BCUT2D eigenvalue weighted by atomic mass is 16.3. The molecule has 0 bridgehead atoms. The van der Waals surface area contributed by atoms with Crippen LogP contribution in [0.2, 0.25) is 0 Å². The minimum atomic E-state index is -0.257. The Hall–Kier alpha value is -1.29. The SMILES string of the molecule is C[C@H](NC(=O)CC1(N)CCC1)c1ccco1. The van der Waals surface area contributed by atoms with Crippen molar-refractivity contribution in [2.45, 2.75) is 44.2 Å². The number of rotatable bonds is 4. The fraction of sp³-hybridized carbons (Fsp3) is 0.583. The summed E-state index contributed by atoms with van der Waals surface area (Å²) in [5.74, 6) is 0.777. The molecule has 0 aliphatic heterocycles. The molecule has 3 N–H and O–H groups in total. The zero-order valence-corrected chi connectivity index (χ0v) is 9.53. The van der Waals surface area contributed by atoms with Crippen LogP contribution in [0.15, 0.2) is 22.8 Å². The number of nitrogens with one attached hydrogen (secondary N) is 1. The molecule has 1 saturated carbocycles. The Morgan fingerprint density at radius 3 is 2.94 bits per heavy atom. The molecule has 1 atom stereocenters.